The van der Waals surface area contributed by atoms with Crippen LogP contribution in [0.15, 0.2) is 11.1 Å². The Bertz CT molecular complexity index is 716. The molecule has 0 aliphatic carbocycles. The summed E-state index contributed by atoms with van der Waals surface area (Å²) < 4.78 is 1.63. The van der Waals surface area contributed by atoms with Gasteiger partial charge in [-0.2, -0.15) is 0 Å². The number of aromatic nitrogens is 2. The summed E-state index contributed by atoms with van der Waals surface area (Å²) in [5.41, 5.74) is 0.683. The maximum atomic E-state index is 12.5. The van der Waals surface area contributed by atoms with Crippen LogP contribution in [0.4, 0.5) is 0 Å². The Morgan fingerprint density at radius 3 is 2.81 bits per heavy atom. The van der Waals surface area contributed by atoms with Crippen LogP contribution in [-0.4, -0.2) is 21.5 Å². The van der Waals surface area contributed by atoms with Crippen molar-refractivity contribution in [3.63, 3.8) is 0 Å². The quantitative estimate of drug-likeness (QED) is 0.923. The predicted molar refractivity (Wildman–Crippen MR) is 86.1 cm³/mol. The molecule has 21 heavy (non-hydrogen) atoms. The molecule has 0 aliphatic heterocycles. The van der Waals surface area contributed by atoms with Gasteiger partial charge in [-0.05, 0) is 32.8 Å². The molecular formula is C15H21N3O2S. The molecule has 0 radical (unpaired) electrons. The van der Waals surface area contributed by atoms with Crippen molar-refractivity contribution in [2.45, 2.75) is 53.1 Å². The average Bonchev–Trinajstić information content (AvgIpc) is 2.75. The largest absolute Gasteiger partial charge is 0.349 e. The molecule has 0 saturated carbocycles. The van der Waals surface area contributed by atoms with E-state index in [-0.39, 0.29) is 17.5 Å². The van der Waals surface area contributed by atoms with Gasteiger partial charge in [0.1, 0.15) is 4.83 Å². The van der Waals surface area contributed by atoms with E-state index in [4.69, 9.17) is 0 Å². The minimum atomic E-state index is -0.134. The molecule has 2 aromatic heterocycles. The minimum absolute atomic E-state index is 0.0502. The van der Waals surface area contributed by atoms with Crippen molar-refractivity contribution in [2.75, 3.05) is 0 Å². The summed E-state index contributed by atoms with van der Waals surface area (Å²) in [5.74, 6) is -0.134. The van der Waals surface area contributed by atoms with Crippen molar-refractivity contribution in [3.8, 4) is 0 Å². The van der Waals surface area contributed by atoms with Gasteiger partial charge in [0.05, 0.1) is 16.6 Å². The van der Waals surface area contributed by atoms with Gasteiger partial charge in [-0.15, -0.1) is 11.3 Å². The SMILES string of the molecule is CCCCn1cnc2sc(C(=O)NC(C)C)c(C)c2c1=O. The number of aryl methyl sites for hydroxylation is 2. The molecule has 0 unspecified atom stereocenters. The number of nitrogens with one attached hydrogen (secondary N) is 1. The van der Waals surface area contributed by atoms with Gasteiger partial charge in [0, 0.05) is 12.6 Å². The summed E-state index contributed by atoms with van der Waals surface area (Å²) in [6, 6.07) is 0.0660. The van der Waals surface area contributed by atoms with Crippen LogP contribution in [0.1, 0.15) is 48.8 Å². The Morgan fingerprint density at radius 1 is 1.48 bits per heavy atom. The van der Waals surface area contributed by atoms with Crippen LogP contribution in [0.3, 0.4) is 0 Å². The second-order valence-electron chi connectivity index (χ2n) is 5.46. The second-order valence-corrected chi connectivity index (χ2v) is 6.46. The lowest BCUT2D eigenvalue weighted by Crippen LogP contribution is -2.30. The minimum Gasteiger partial charge on any atom is -0.349 e. The number of rotatable bonds is 5. The van der Waals surface area contributed by atoms with Crippen LogP contribution in [0, 0.1) is 6.92 Å². The lowest BCUT2D eigenvalue weighted by atomic mass is 10.2. The second kappa shape index (κ2) is 6.39. The number of amides is 1. The van der Waals surface area contributed by atoms with Gasteiger partial charge < -0.3 is 5.32 Å². The Labute approximate surface area is 128 Å². The normalized spacial score (nSPS) is 11.3. The molecule has 6 heteroatoms. The molecule has 0 saturated heterocycles. The Kier molecular flexibility index (Phi) is 4.77. The fraction of sp³-hybridized carbons (Fsp3) is 0.533. The highest BCUT2D eigenvalue weighted by molar-refractivity contribution is 7.20. The number of carbonyl (C=O) groups is 1. The molecule has 0 spiro atoms. The maximum Gasteiger partial charge on any atom is 0.262 e. The fourth-order valence-corrected chi connectivity index (χ4v) is 3.23. The molecule has 0 aromatic carbocycles. The van der Waals surface area contributed by atoms with E-state index in [1.807, 2.05) is 20.8 Å². The molecule has 2 rings (SSSR count). The zero-order valence-electron chi connectivity index (χ0n) is 12.9. The number of carbonyl (C=O) groups excluding carboxylic acids is 1. The number of hydrogen-bond donors (Lipinski definition) is 1. The van der Waals surface area contributed by atoms with Crippen LogP contribution in [0.5, 0.6) is 0 Å². The van der Waals surface area contributed by atoms with Gasteiger partial charge in [0.2, 0.25) is 0 Å². The third-order valence-corrected chi connectivity index (χ3v) is 4.49. The fourth-order valence-electron chi connectivity index (χ4n) is 2.19. The van der Waals surface area contributed by atoms with Crippen LogP contribution in [-0.2, 0) is 6.54 Å². The summed E-state index contributed by atoms with van der Waals surface area (Å²) in [7, 11) is 0. The van der Waals surface area contributed by atoms with Gasteiger partial charge in [-0.3, -0.25) is 14.2 Å². The third-order valence-electron chi connectivity index (χ3n) is 3.30. The van der Waals surface area contributed by atoms with E-state index < -0.39 is 0 Å². The monoisotopic (exact) mass is 307 g/mol. The van der Waals surface area contributed by atoms with Crippen LogP contribution < -0.4 is 10.9 Å². The molecule has 1 amide bonds. The molecule has 0 bridgehead atoms. The lowest BCUT2D eigenvalue weighted by molar-refractivity contribution is 0.0947. The Hall–Kier alpha value is -1.69. The number of hydrogen-bond acceptors (Lipinski definition) is 4. The molecule has 2 aromatic rings. The van der Waals surface area contributed by atoms with Crippen molar-refractivity contribution >= 4 is 27.5 Å². The topological polar surface area (TPSA) is 64.0 Å². The van der Waals surface area contributed by atoms with Crippen LogP contribution in [0.25, 0.3) is 10.2 Å². The highest BCUT2D eigenvalue weighted by atomic mass is 32.1. The zero-order chi connectivity index (χ0) is 15.6. The summed E-state index contributed by atoms with van der Waals surface area (Å²) in [4.78, 5) is 30.2. The average molecular weight is 307 g/mol. The first-order valence-electron chi connectivity index (χ1n) is 7.25. The zero-order valence-corrected chi connectivity index (χ0v) is 13.7. The first kappa shape index (κ1) is 15.7. The van der Waals surface area contributed by atoms with E-state index in [1.165, 1.54) is 11.3 Å². The number of thiophene rings is 1. The molecule has 0 fully saturated rings. The molecule has 2 heterocycles. The van der Waals surface area contributed by atoms with Gasteiger partial charge >= 0.3 is 0 Å². The predicted octanol–water partition coefficient (Wildman–Crippen LogP) is 2.70. The van der Waals surface area contributed by atoms with Crippen LogP contribution >= 0.6 is 11.3 Å². The highest BCUT2D eigenvalue weighted by Crippen LogP contribution is 2.26. The van der Waals surface area contributed by atoms with Crippen molar-refractivity contribution in [1.29, 1.82) is 0 Å². The standard InChI is InChI=1S/C15H21N3O2S/c1-5-6-7-18-8-16-14-11(15(18)20)10(4)12(21-14)13(19)17-9(2)3/h8-9H,5-7H2,1-4H3,(H,17,19). The van der Waals surface area contributed by atoms with Gasteiger partial charge in [0.15, 0.2) is 0 Å². The number of nitrogens with zero attached hydrogens (tertiary/aromatic N) is 2. The van der Waals surface area contributed by atoms with E-state index in [2.05, 4.69) is 17.2 Å². The lowest BCUT2D eigenvalue weighted by Gasteiger charge is -2.07. The van der Waals surface area contributed by atoms with E-state index in [0.717, 1.165) is 18.4 Å². The smallest absolute Gasteiger partial charge is 0.262 e. The Balaban J connectivity index is 2.49. The first-order valence-corrected chi connectivity index (χ1v) is 8.06. The van der Waals surface area contributed by atoms with E-state index in [1.54, 1.807) is 10.9 Å². The number of unbranched alkanes of at least 4 members (excludes halogenated alkanes) is 1. The highest BCUT2D eigenvalue weighted by Gasteiger charge is 2.19. The summed E-state index contributed by atoms with van der Waals surface area (Å²) in [6.45, 7) is 8.40. The molecule has 0 atom stereocenters. The van der Waals surface area contributed by atoms with Crippen LogP contribution in [0.2, 0.25) is 0 Å². The van der Waals surface area contributed by atoms with Crippen molar-refractivity contribution in [3.05, 3.63) is 27.1 Å². The van der Waals surface area contributed by atoms with E-state index in [9.17, 15) is 9.59 Å². The molecular weight excluding hydrogens is 286 g/mol. The summed E-state index contributed by atoms with van der Waals surface area (Å²) in [6.07, 6.45) is 3.55. The van der Waals surface area contributed by atoms with Gasteiger partial charge in [-0.25, -0.2) is 4.98 Å². The molecule has 114 valence electrons. The van der Waals surface area contributed by atoms with E-state index in [0.29, 0.717) is 21.6 Å². The summed E-state index contributed by atoms with van der Waals surface area (Å²) in [5, 5.41) is 3.44. The van der Waals surface area contributed by atoms with Gasteiger partial charge in [-0.1, -0.05) is 13.3 Å². The first-order chi connectivity index (χ1) is 9.95. The van der Waals surface area contributed by atoms with Crippen molar-refractivity contribution in [2.24, 2.45) is 0 Å². The molecule has 5 nitrogen and oxygen atoms in total. The van der Waals surface area contributed by atoms with Crippen molar-refractivity contribution in [1.82, 2.24) is 14.9 Å². The summed E-state index contributed by atoms with van der Waals surface area (Å²) >= 11 is 1.28. The van der Waals surface area contributed by atoms with E-state index >= 15 is 0 Å². The third kappa shape index (κ3) is 3.15. The Morgan fingerprint density at radius 2 is 2.19 bits per heavy atom. The maximum absolute atomic E-state index is 12.5. The number of fused-ring (bicyclic) bond motifs is 1. The van der Waals surface area contributed by atoms with Crippen molar-refractivity contribution < 1.29 is 4.79 Å². The van der Waals surface area contributed by atoms with Gasteiger partial charge in [0.25, 0.3) is 11.5 Å². The molecule has 1 N–H and O–H groups in total. The molecule has 0 aliphatic rings.